The number of carbonyl (C=O) groups is 1. The SMILES string of the molecule is C=COCCNC(=S)SC(C)=O. The van der Waals surface area contributed by atoms with Gasteiger partial charge in [0.15, 0.2) is 5.12 Å². The smallest absolute Gasteiger partial charge is 0.192 e. The molecule has 0 heterocycles. The van der Waals surface area contributed by atoms with Gasteiger partial charge in [-0.25, -0.2) is 0 Å². The second-order valence-electron chi connectivity index (χ2n) is 1.85. The van der Waals surface area contributed by atoms with Crippen molar-refractivity contribution in [3.05, 3.63) is 12.8 Å². The number of hydrogen-bond acceptors (Lipinski definition) is 4. The summed E-state index contributed by atoms with van der Waals surface area (Å²) in [6, 6.07) is 0. The molecule has 3 nitrogen and oxygen atoms in total. The molecule has 0 fully saturated rings. The van der Waals surface area contributed by atoms with Gasteiger partial charge in [0, 0.05) is 6.92 Å². The summed E-state index contributed by atoms with van der Waals surface area (Å²) in [6.07, 6.45) is 1.36. The molecule has 0 rings (SSSR count). The van der Waals surface area contributed by atoms with Gasteiger partial charge in [-0.3, -0.25) is 4.79 Å². The van der Waals surface area contributed by atoms with E-state index in [0.717, 1.165) is 11.8 Å². The fourth-order valence-corrected chi connectivity index (χ4v) is 1.35. The highest BCUT2D eigenvalue weighted by Gasteiger charge is 1.99. The van der Waals surface area contributed by atoms with E-state index in [2.05, 4.69) is 11.9 Å². The van der Waals surface area contributed by atoms with Gasteiger partial charge in [-0.15, -0.1) is 0 Å². The average Bonchev–Trinajstić information content (AvgIpc) is 1.97. The Morgan fingerprint density at radius 2 is 2.50 bits per heavy atom. The number of rotatable bonds is 4. The number of ether oxygens (including phenoxy) is 1. The Labute approximate surface area is 81.5 Å². The number of thioether (sulfide) groups is 1. The van der Waals surface area contributed by atoms with E-state index in [1.807, 2.05) is 0 Å². The van der Waals surface area contributed by atoms with Gasteiger partial charge >= 0.3 is 0 Å². The minimum atomic E-state index is -0.0165. The summed E-state index contributed by atoms with van der Waals surface area (Å²) in [4.78, 5) is 10.5. The van der Waals surface area contributed by atoms with E-state index in [9.17, 15) is 4.79 Å². The molecule has 12 heavy (non-hydrogen) atoms. The molecule has 0 aliphatic carbocycles. The molecule has 0 bridgehead atoms. The first kappa shape index (κ1) is 11.4. The summed E-state index contributed by atoms with van der Waals surface area (Å²) in [5.41, 5.74) is 0. The average molecular weight is 205 g/mol. The van der Waals surface area contributed by atoms with Gasteiger partial charge < -0.3 is 10.1 Å². The van der Waals surface area contributed by atoms with Crippen LogP contribution in [0.2, 0.25) is 0 Å². The van der Waals surface area contributed by atoms with Crippen molar-refractivity contribution >= 4 is 33.4 Å². The van der Waals surface area contributed by atoms with Gasteiger partial charge in [0.1, 0.15) is 10.9 Å². The van der Waals surface area contributed by atoms with Gasteiger partial charge in [0.2, 0.25) is 0 Å². The molecule has 0 radical (unpaired) electrons. The Morgan fingerprint density at radius 1 is 1.83 bits per heavy atom. The first-order valence-corrected chi connectivity index (χ1v) is 4.58. The zero-order valence-electron chi connectivity index (χ0n) is 6.83. The van der Waals surface area contributed by atoms with Crippen LogP contribution in [0.4, 0.5) is 0 Å². The molecule has 0 spiro atoms. The van der Waals surface area contributed by atoms with E-state index in [1.54, 1.807) is 0 Å². The highest BCUT2D eigenvalue weighted by Crippen LogP contribution is 2.01. The van der Waals surface area contributed by atoms with Gasteiger partial charge in [-0.05, 0) is 11.8 Å². The lowest BCUT2D eigenvalue weighted by molar-refractivity contribution is -0.109. The zero-order valence-corrected chi connectivity index (χ0v) is 8.46. The third kappa shape index (κ3) is 7.56. The van der Waals surface area contributed by atoms with E-state index in [-0.39, 0.29) is 5.12 Å². The molecule has 0 aromatic heterocycles. The largest absolute Gasteiger partial charge is 0.500 e. The summed E-state index contributed by atoms with van der Waals surface area (Å²) in [6.45, 7) is 5.95. The molecule has 0 aliphatic heterocycles. The molecule has 0 unspecified atom stereocenters. The van der Waals surface area contributed by atoms with Crippen molar-refractivity contribution in [2.24, 2.45) is 0 Å². The Balaban J connectivity index is 3.31. The van der Waals surface area contributed by atoms with E-state index in [4.69, 9.17) is 17.0 Å². The molecule has 0 aliphatic rings. The fourth-order valence-electron chi connectivity index (χ4n) is 0.462. The first-order valence-electron chi connectivity index (χ1n) is 3.35. The van der Waals surface area contributed by atoms with Crippen molar-refractivity contribution < 1.29 is 9.53 Å². The number of hydrogen-bond donors (Lipinski definition) is 1. The van der Waals surface area contributed by atoms with Crippen molar-refractivity contribution in [2.75, 3.05) is 13.2 Å². The number of thiocarbonyl (C=S) groups is 1. The Bertz CT molecular complexity index is 182. The Hall–Kier alpha value is -0.550. The summed E-state index contributed by atoms with van der Waals surface area (Å²) in [7, 11) is 0. The first-order chi connectivity index (χ1) is 5.66. The number of carbonyl (C=O) groups excluding carboxylic acids is 1. The molecular formula is C7H11NO2S2. The van der Waals surface area contributed by atoms with Crippen LogP contribution in [0, 0.1) is 0 Å². The number of nitrogens with one attached hydrogen (secondary N) is 1. The van der Waals surface area contributed by atoms with Crippen LogP contribution in [-0.2, 0) is 9.53 Å². The maximum Gasteiger partial charge on any atom is 0.192 e. The fraction of sp³-hybridized carbons (Fsp3) is 0.429. The zero-order chi connectivity index (χ0) is 9.40. The molecule has 0 saturated carbocycles. The Kier molecular flexibility index (Phi) is 6.79. The van der Waals surface area contributed by atoms with Crippen molar-refractivity contribution in [3.8, 4) is 0 Å². The van der Waals surface area contributed by atoms with Crippen LogP contribution in [0.1, 0.15) is 6.92 Å². The molecule has 0 atom stereocenters. The topological polar surface area (TPSA) is 38.3 Å². The molecular weight excluding hydrogens is 194 g/mol. The molecule has 0 amide bonds. The van der Waals surface area contributed by atoms with Crippen LogP contribution in [0.3, 0.4) is 0 Å². The van der Waals surface area contributed by atoms with Crippen molar-refractivity contribution in [2.45, 2.75) is 6.92 Å². The molecule has 68 valence electrons. The molecule has 0 saturated heterocycles. The van der Waals surface area contributed by atoms with E-state index < -0.39 is 0 Å². The van der Waals surface area contributed by atoms with Crippen LogP contribution in [0.25, 0.3) is 0 Å². The maximum absolute atomic E-state index is 10.5. The lowest BCUT2D eigenvalue weighted by atomic mass is 10.7. The predicted molar refractivity (Wildman–Crippen MR) is 55.0 cm³/mol. The lowest BCUT2D eigenvalue weighted by Gasteiger charge is -2.04. The van der Waals surface area contributed by atoms with Crippen LogP contribution in [-0.4, -0.2) is 22.6 Å². The molecule has 0 aromatic carbocycles. The summed E-state index contributed by atoms with van der Waals surface area (Å²) >= 11 is 5.84. The minimum absolute atomic E-state index is 0.0165. The normalized spacial score (nSPS) is 8.75. The van der Waals surface area contributed by atoms with Crippen molar-refractivity contribution in [3.63, 3.8) is 0 Å². The highest BCUT2D eigenvalue weighted by molar-refractivity contribution is 8.32. The van der Waals surface area contributed by atoms with Crippen LogP contribution < -0.4 is 5.32 Å². The standard InChI is InChI=1S/C7H11NO2S2/c1-3-10-5-4-8-7(11)12-6(2)9/h3H,1,4-5H2,2H3,(H,8,11). The quantitative estimate of drug-likeness (QED) is 0.425. The monoisotopic (exact) mass is 205 g/mol. The van der Waals surface area contributed by atoms with Gasteiger partial charge in [0.25, 0.3) is 0 Å². The third-order valence-corrected chi connectivity index (χ3v) is 1.86. The van der Waals surface area contributed by atoms with E-state index >= 15 is 0 Å². The van der Waals surface area contributed by atoms with Crippen LogP contribution in [0.15, 0.2) is 12.8 Å². The summed E-state index contributed by atoms with van der Waals surface area (Å²) in [5.74, 6) is 0. The minimum Gasteiger partial charge on any atom is -0.500 e. The maximum atomic E-state index is 10.5. The third-order valence-electron chi connectivity index (χ3n) is 0.844. The highest BCUT2D eigenvalue weighted by atomic mass is 32.2. The van der Waals surface area contributed by atoms with Gasteiger partial charge in [0.05, 0.1) is 12.8 Å². The molecule has 0 aromatic rings. The van der Waals surface area contributed by atoms with Crippen molar-refractivity contribution in [1.82, 2.24) is 5.32 Å². The van der Waals surface area contributed by atoms with E-state index in [1.165, 1.54) is 13.2 Å². The van der Waals surface area contributed by atoms with Crippen LogP contribution >= 0.6 is 24.0 Å². The second kappa shape index (κ2) is 7.12. The van der Waals surface area contributed by atoms with E-state index in [0.29, 0.717) is 17.5 Å². The van der Waals surface area contributed by atoms with Gasteiger partial charge in [-0.1, -0.05) is 18.8 Å². The summed E-state index contributed by atoms with van der Waals surface area (Å²) in [5, 5.41) is 2.83. The van der Waals surface area contributed by atoms with Crippen LogP contribution in [0.5, 0.6) is 0 Å². The Morgan fingerprint density at radius 3 is 3.00 bits per heavy atom. The van der Waals surface area contributed by atoms with Crippen molar-refractivity contribution in [1.29, 1.82) is 0 Å². The summed E-state index contributed by atoms with van der Waals surface area (Å²) < 4.78 is 5.32. The molecule has 1 N–H and O–H groups in total. The van der Waals surface area contributed by atoms with Gasteiger partial charge in [-0.2, -0.15) is 0 Å². The second-order valence-corrected chi connectivity index (χ2v) is 3.70. The predicted octanol–water partition coefficient (Wildman–Crippen LogP) is 1.30. The lowest BCUT2D eigenvalue weighted by Crippen LogP contribution is -2.23. The molecule has 5 heteroatoms.